The van der Waals surface area contributed by atoms with E-state index in [1.807, 2.05) is 0 Å². The molecule has 9 heteroatoms. The highest BCUT2D eigenvalue weighted by molar-refractivity contribution is 7.93. The monoisotopic (exact) mass is 417 g/mol. The van der Waals surface area contributed by atoms with Crippen LogP contribution in [0.1, 0.15) is 17.3 Å². The van der Waals surface area contributed by atoms with Gasteiger partial charge in [-0.25, -0.2) is 13.2 Å². The molecule has 0 heterocycles. The van der Waals surface area contributed by atoms with Crippen molar-refractivity contribution in [1.29, 1.82) is 0 Å². The molecule has 0 spiro atoms. The Morgan fingerprint density at radius 1 is 1.08 bits per heavy atom. The summed E-state index contributed by atoms with van der Waals surface area (Å²) in [7, 11) is -1.18. The molecule has 2 rings (SSSR count). The molecule has 0 aliphatic carbocycles. The molecule has 0 N–H and O–H groups in total. The smallest absolute Gasteiger partial charge is 0.338 e. The van der Waals surface area contributed by atoms with Gasteiger partial charge in [-0.05, 0) is 43.3 Å². The van der Waals surface area contributed by atoms with Crippen LogP contribution in [0.5, 0.6) is 5.75 Å². The standard InChI is InChI=1S/C17H17Cl2NO5S/c1-4-25-17(21)11-5-7-12(8-6-11)20(2)26(22,23)14-10-9-13(24-3)15(18)16(14)19/h5-10H,4H2,1-3H3. The number of halogens is 2. The zero-order chi connectivity index (χ0) is 19.5. The minimum absolute atomic E-state index is 0.0151. The van der Waals surface area contributed by atoms with Crippen LogP contribution in [0.3, 0.4) is 0 Å². The van der Waals surface area contributed by atoms with E-state index < -0.39 is 16.0 Å². The molecule has 2 aromatic carbocycles. The second kappa shape index (κ2) is 8.16. The van der Waals surface area contributed by atoms with E-state index in [2.05, 4.69) is 0 Å². The van der Waals surface area contributed by atoms with Gasteiger partial charge in [0.15, 0.2) is 0 Å². The van der Waals surface area contributed by atoms with Gasteiger partial charge in [-0.3, -0.25) is 4.31 Å². The Morgan fingerprint density at radius 2 is 1.69 bits per heavy atom. The third kappa shape index (κ3) is 3.90. The number of methoxy groups -OCH3 is 1. The molecule has 26 heavy (non-hydrogen) atoms. The first-order valence-corrected chi connectivity index (χ1v) is 9.71. The molecule has 0 bridgehead atoms. The minimum atomic E-state index is -3.97. The Hall–Kier alpha value is -1.96. The Morgan fingerprint density at radius 3 is 2.23 bits per heavy atom. The average Bonchev–Trinajstić information content (AvgIpc) is 2.63. The summed E-state index contributed by atoms with van der Waals surface area (Å²) < 4.78 is 36.7. The quantitative estimate of drug-likeness (QED) is 0.663. The maximum Gasteiger partial charge on any atom is 0.338 e. The third-order valence-electron chi connectivity index (χ3n) is 3.61. The molecule has 0 aliphatic rings. The Labute approximate surface area is 162 Å². The highest BCUT2D eigenvalue weighted by atomic mass is 35.5. The zero-order valence-electron chi connectivity index (χ0n) is 14.3. The molecule has 0 fully saturated rings. The van der Waals surface area contributed by atoms with Crippen LogP contribution in [-0.2, 0) is 14.8 Å². The van der Waals surface area contributed by atoms with Crippen LogP contribution in [0, 0.1) is 0 Å². The van der Waals surface area contributed by atoms with Crippen LogP contribution in [0.4, 0.5) is 5.69 Å². The minimum Gasteiger partial charge on any atom is -0.495 e. The van der Waals surface area contributed by atoms with Crippen LogP contribution in [0.15, 0.2) is 41.3 Å². The van der Waals surface area contributed by atoms with Gasteiger partial charge in [0.2, 0.25) is 0 Å². The summed E-state index contributed by atoms with van der Waals surface area (Å²) >= 11 is 12.2. The van der Waals surface area contributed by atoms with E-state index in [9.17, 15) is 13.2 Å². The third-order valence-corrected chi connectivity index (χ3v) is 6.42. The van der Waals surface area contributed by atoms with Gasteiger partial charge in [-0.2, -0.15) is 0 Å². The van der Waals surface area contributed by atoms with Crippen LogP contribution in [0.25, 0.3) is 0 Å². The lowest BCUT2D eigenvalue weighted by atomic mass is 10.2. The van der Waals surface area contributed by atoms with Crippen LogP contribution >= 0.6 is 23.2 Å². The summed E-state index contributed by atoms with van der Waals surface area (Å²) in [5, 5.41) is -0.109. The maximum atomic E-state index is 12.9. The number of hydrogen-bond acceptors (Lipinski definition) is 5. The van der Waals surface area contributed by atoms with Crippen molar-refractivity contribution in [3.63, 3.8) is 0 Å². The van der Waals surface area contributed by atoms with Crippen LogP contribution < -0.4 is 9.04 Å². The van der Waals surface area contributed by atoms with E-state index in [1.165, 1.54) is 50.6 Å². The van der Waals surface area contributed by atoms with Crippen molar-refractivity contribution >= 4 is 44.9 Å². The molecule has 0 radical (unpaired) electrons. The Kier molecular flexibility index (Phi) is 6.39. The number of ether oxygens (including phenoxy) is 2. The molecule has 140 valence electrons. The second-order valence-electron chi connectivity index (χ2n) is 5.13. The van der Waals surface area contributed by atoms with E-state index >= 15 is 0 Å². The van der Waals surface area contributed by atoms with Gasteiger partial charge in [0.1, 0.15) is 15.7 Å². The predicted octanol–water partition coefficient (Wildman–Crippen LogP) is 4.00. The van der Waals surface area contributed by atoms with E-state index in [-0.39, 0.29) is 27.3 Å². The lowest BCUT2D eigenvalue weighted by Crippen LogP contribution is -2.27. The number of carbonyl (C=O) groups is 1. The summed E-state index contributed by atoms with van der Waals surface area (Å²) in [4.78, 5) is 11.5. The van der Waals surface area contributed by atoms with Crippen LogP contribution in [0.2, 0.25) is 10.0 Å². The van der Waals surface area contributed by atoms with Crippen molar-refractivity contribution in [3.8, 4) is 5.75 Å². The number of nitrogens with zero attached hydrogens (tertiary/aromatic N) is 1. The fraction of sp³-hybridized carbons (Fsp3) is 0.235. The Bertz CT molecular complexity index is 913. The molecule has 0 saturated heterocycles. The van der Waals surface area contributed by atoms with Crippen molar-refractivity contribution in [1.82, 2.24) is 0 Å². The molecule has 0 aliphatic heterocycles. The summed E-state index contributed by atoms with van der Waals surface area (Å²) in [6.45, 7) is 1.96. The zero-order valence-corrected chi connectivity index (χ0v) is 16.7. The van der Waals surface area contributed by atoms with E-state index in [4.69, 9.17) is 32.7 Å². The summed E-state index contributed by atoms with van der Waals surface area (Å²) in [6.07, 6.45) is 0. The van der Waals surface area contributed by atoms with Gasteiger partial charge in [-0.1, -0.05) is 23.2 Å². The molecule has 6 nitrogen and oxygen atoms in total. The molecular formula is C17H17Cl2NO5S. The first-order valence-electron chi connectivity index (χ1n) is 7.52. The number of anilines is 1. The van der Waals surface area contributed by atoms with E-state index in [0.29, 0.717) is 11.3 Å². The van der Waals surface area contributed by atoms with E-state index in [0.717, 1.165) is 4.31 Å². The number of carbonyl (C=O) groups excluding carboxylic acids is 1. The molecule has 0 amide bonds. The lowest BCUT2D eigenvalue weighted by Gasteiger charge is -2.21. The van der Waals surface area contributed by atoms with Gasteiger partial charge >= 0.3 is 5.97 Å². The maximum absolute atomic E-state index is 12.9. The fourth-order valence-electron chi connectivity index (χ4n) is 2.18. The van der Waals surface area contributed by atoms with Gasteiger partial charge in [0.25, 0.3) is 10.0 Å². The second-order valence-corrected chi connectivity index (χ2v) is 7.83. The number of sulfonamides is 1. The van der Waals surface area contributed by atoms with Gasteiger partial charge in [0, 0.05) is 7.05 Å². The topological polar surface area (TPSA) is 72.9 Å². The van der Waals surface area contributed by atoms with Crippen molar-refractivity contribution in [2.45, 2.75) is 11.8 Å². The van der Waals surface area contributed by atoms with Crippen LogP contribution in [-0.4, -0.2) is 35.2 Å². The first kappa shape index (κ1) is 20.4. The number of rotatable bonds is 6. The van der Waals surface area contributed by atoms with Gasteiger partial charge in [0.05, 0.1) is 30.0 Å². The fourth-order valence-corrected chi connectivity index (χ4v) is 4.19. The molecule has 0 atom stereocenters. The van der Waals surface area contributed by atoms with Crippen molar-refractivity contribution in [2.75, 3.05) is 25.1 Å². The molecule has 2 aromatic rings. The van der Waals surface area contributed by atoms with Gasteiger partial charge < -0.3 is 9.47 Å². The van der Waals surface area contributed by atoms with Crippen molar-refractivity contribution < 1.29 is 22.7 Å². The van der Waals surface area contributed by atoms with Crippen molar-refractivity contribution in [3.05, 3.63) is 52.0 Å². The molecular weight excluding hydrogens is 401 g/mol. The largest absolute Gasteiger partial charge is 0.495 e. The summed E-state index contributed by atoms with van der Waals surface area (Å²) in [5.41, 5.74) is 0.674. The highest BCUT2D eigenvalue weighted by Gasteiger charge is 2.26. The number of benzene rings is 2. The Balaban J connectivity index is 2.38. The summed E-state index contributed by atoms with van der Waals surface area (Å²) in [6, 6.07) is 8.74. The highest BCUT2D eigenvalue weighted by Crippen LogP contribution is 2.38. The number of esters is 1. The molecule has 0 aromatic heterocycles. The number of hydrogen-bond donors (Lipinski definition) is 0. The molecule has 0 saturated carbocycles. The normalized spacial score (nSPS) is 11.1. The molecule has 0 unspecified atom stereocenters. The first-order chi connectivity index (χ1) is 12.2. The average molecular weight is 418 g/mol. The van der Waals surface area contributed by atoms with Gasteiger partial charge in [-0.15, -0.1) is 0 Å². The predicted molar refractivity (Wildman–Crippen MR) is 101 cm³/mol. The van der Waals surface area contributed by atoms with E-state index in [1.54, 1.807) is 6.92 Å². The summed E-state index contributed by atoms with van der Waals surface area (Å²) in [5.74, 6) is -0.202. The SMILES string of the molecule is CCOC(=O)c1ccc(N(C)S(=O)(=O)c2ccc(OC)c(Cl)c2Cl)cc1. The van der Waals surface area contributed by atoms with Crippen molar-refractivity contribution in [2.24, 2.45) is 0 Å². The lowest BCUT2D eigenvalue weighted by molar-refractivity contribution is 0.0526.